The fraction of sp³-hybridized carbons (Fsp3) is 0.933. The van der Waals surface area contributed by atoms with Crippen LogP contribution in [0.15, 0.2) is 0 Å². The van der Waals surface area contributed by atoms with E-state index in [0.29, 0.717) is 59.4 Å². The van der Waals surface area contributed by atoms with Crippen LogP contribution in [0.5, 0.6) is 0 Å². The molecule has 23 heavy (non-hydrogen) atoms. The molecule has 0 aromatic carbocycles. The zero-order valence-corrected chi connectivity index (χ0v) is 14.5. The average Bonchev–Trinajstić information content (AvgIpc) is 2.52. The lowest BCUT2D eigenvalue weighted by atomic mass is 10.5. The van der Waals surface area contributed by atoms with Gasteiger partial charge in [0.05, 0.1) is 59.0 Å². The summed E-state index contributed by atoms with van der Waals surface area (Å²) >= 11 is 0. The van der Waals surface area contributed by atoms with Crippen molar-refractivity contribution in [3.05, 3.63) is 0 Å². The summed E-state index contributed by atoms with van der Waals surface area (Å²) in [6.07, 6.45) is -0.280. The smallest absolute Gasteiger partial charge is 0.407 e. The summed E-state index contributed by atoms with van der Waals surface area (Å²) in [4.78, 5) is 11.3. The minimum Gasteiger partial charge on any atom is -0.447 e. The number of alkyl carbamates (subject to hydrolysis) is 1. The molecule has 0 aliphatic carbocycles. The van der Waals surface area contributed by atoms with Crippen LogP contribution >= 0.6 is 0 Å². The van der Waals surface area contributed by atoms with Crippen LogP contribution in [0, 0.1) is 0 Å². The van der Waals surface area contributed by atoms with Crippen molar-refractivity contribution in [2.75, 3.05) is 73.1 Å². The number of methoxy groups -OCH3 is 1. The Bertz CT molecular complexity index is 264. The normalized spacial score (nSPS) is 11.0. The van der Waals surface area contributed by atoms with Crippen LogP contribution in [0.3, 0.4) is 0 Å². The Kier molecular flexibility index (Phi) is 16.7. The molecule has 0 spiro atoms. The minimum absolute atomic E-state index is 0.200. The molecule has 0 unspecified atom stereocenters. The van der Waals surface area contributed by atoms with Gasteiger partial charge in [-0.25, -0.2) is 4.79 Å². The fourth-order valence-corrected chi connectivity index (χ4v) is 1.38. The Morgan fingerprint density at radius 1 is 0.826 bits per heavy atom. The molecule has 0 radical (unpaired) electrons. The van der Waals surface area contributed by atoms with E-state index < -0.39 is 6.09 Å². The maximum Gasteiger partial charge on any atom is 0.407 e. The van der Waals surface area contributed by atoms with E-state index in [1.807, 2.05) is 13.8 Å². The summed E-state index contributed by atoms with van der Waals surface area (Å²) in [6.45, 7) is 8.42. The molecule has 0 aromatic heterocycles. The maximum atomic E-state index is 11.3. The number of carbonyl (C=O) groups is 1. The standard InChI is InChI=1S/C15H31NO7/c1-14(2)22-12-10-19-5-4-16-15(17)23-13-11-21-9-8-20-7-6-18-3/h14H,4-13H2,1-3H3,(H,16,17). The summed E-state index contributed by atoms with van der Waals surface area (Å²) in [5.74, 6) is 0. The summed E-state index contributed by atoms with van der Waals surface area (Å²) < 4.78 is 30.8. The van der Waals surface area contributed by atoms with Crippen molar-refractivity contribution in [1.29, 1.82) is 0 Å². The third-order valence-electron chi connectivity index (χ3n) is 2.46. The van der Waals surface area contributed by atoms with Gasteiger partial charge in [-0.15, -0.1) is 0 Å². The van der Waals surface area contributed by atoms with Crippen LogP contribution in [-0.2, 0) is 28.4 Å². The van der Waals surface area contributed by atoms with Crippen molar-refractivity contribution in [1.82, 2.24) is 5.32 Å². The van der Waals surface area contributed by atoms with E-state index in [9.17, 15) is 4.79 Å². The quantitative estimate of drug-likeness (QED) is 0.418. The summed E-state index contributed by atoms with van der Waals surface area (Å²) in [5, 5.41) is 2.59. The van der Waals surface area contributed by atoms with Crippen LogP contribution in [0.25, 0.3) is 0 Å². The Morgan fingerprint density at radius 2 is 1.39 bits per heavy atom. The topological polar surface area (TPSA) is 84.5 Å². The average molecular weight is 337 g/mol. The number of nitrogens with one attached hydrogen (secondary N) is 1. The molecular formula is C15H31NO7. The van der Waals surface area contributed by atoms with Gasteiger partial charge in [-0.2, -0.15) is 0 Å². The van der Waals surface area contributed by atoms with E-state index >= 15 is 0 Å². The number of rotatable bonds is 16. The zero-order valence-electron chi connectivity index (χ0n) is 14.5. The van der Waals surface area contributed by atoms with E-state index in [2.05, 4.69) is 5.32 Å². The van der Waals surface area contributed by atoms with Crippen LogP contribution in [0.1, 0.15) is 13.8 Å². The Morgan fingerprint density at radius 3 is 2.04 bits per heavy atom. The molecule has 0 aromatic rings. The third-order valence-corrected chi connectivity index (χ3v) is 2.46. The van der Waals surface area contributed by atoms with Crippen molar-refractivity contribution >= 4 is 6.09 Å². The number of hydrogen-bond acceptors (Lipinski definition) is 7. The summed E-state index contributed by atoms with van der Waals surface area (Å²) in [7, 11) is 1.62. The highest BCUT2D eigenvalue weighted by molar-refractivity contribution is 5.66. The van der Waals surface area contributed by atoms with E-state index in [1.54, 1.807) is 7.11 Å². The highest BCUT2D eigenvalue weighted by atomic mass is 16.6. The van der Waals surface area contributed by atoms with Gasteiger partial charge in [0.1, 0.15) is 6.61 Å². The molecule has 0 saturated heterocycles. The number of ether oxygens (including phenoxy) is 6. The summed E-state index contributed by atoms with van der Waals surface area (Å²) in [5.41, 5.74) is 0. The molecule has 1 amide bonds. The third kappa shape index (κ3) is 19.0. The van der Waals surface area contributed by atoms with E-state index in [4.69, 9.17) is 28.4 Å². The number of amides is 1. The van der Waals surface area contributed by atoms with E-state index in [-0.39, 0.29) is 12.7 Å². The number of carbonyl (C=O) groups excluding carboxylic acids is 1. The van der Waals surface area contributed by atoms with Crippen LogP contribution in [-0.4, -0.2) is 85.3 Å². The number of hydrogen-bond donors (Lipinski definition) is 1. The second-order valence-electron chi connectivity index (χ2n) is 4.81. The molecule has 8 nitrogen and oxygen atoms in total. The van der Waals surface area contributed by atoms with Gasteiger partial charge in [0.25, 0.3) is 0 Å². The van der Waals surface area contributed by atoms with Gasteiger partial charge in [0, 0.05) is 13.7 Å². The first kappa shape index (κ1) is 22.1. The maximum absolute atomic E-state index is 11.3. The van der Waals surface area contributed by atoms with Gasteiger partial charge in [0.15, 0.2) is 0 Å². The van der Waals surface area contributed by atoms with Crippen molar-refractivity contribution in [3.8, 4) is 0 Å². The second kappa shape index (κ2) is 17.4. The van der Waals surface area contributed by atoms with Crippen molar-refractivity contribution in [2.45, 2.75) is 20.0 Å². The monoisotopic (exact) mass is 337 g/mol. The SMILES string of the molecule is COCCOCCOCCOC(=O)NCCOCCOC(C)C. The molecule has 8 heteroatoms. The molecule has 0 heterocycles. The lowest BCUT2D eigenvalue weighted by Gasteiger charge is -2.09. The van der Waals surface area contributed by atoms with Gasteiger partial charge < -0.3 is 33.7 Å². The Labute approximate surface area is 138 Å². The molecule has 0 aliphatic heterocycles. The predicted molar refractivity (Wildman–Crippen MR) is 84.8 cm³/mol. The fourth-order valence-electron chi connectivity index (χ4n) is 1.38. The lowest BCUT2D eigenvalue weighted by molar-refractivity contribution is 0.0120. The lowest BCUT2D eigenvalue weighted by Crippen LogP contribution is -2.29. The highest BCUT2D eigenvalue weighted by Crippen LogP contribution is 1.87. The van der Waals surface area contributed by atoms with Gasteiger partial charge in [-0.05, 0) is 13.8 Å². The van der Waals surface area contributed by atoms with Crippen molar-refractivity contribution < 1.29 is 33.2 Å². The summed E-state index contributed by atoms with van der Waals surface area (Å²) in [6, 6.07) is 0. The van der Waals surface area contributed by atoms with Gasteiger partial charge in [0.2, 0.25) is 0 Å². The van der Waals surface area contributed by atoms with Crippen molar-refractivity contribution in [3.63, 3.8) is 0 Å². The largest absolute Gasteiger partial charge is 0.447 e. The second-order valence-corrected chi connectivity index (χ2v) is 4.81. The molecule has 0 fully saturated rings. The van der Waals surface area contributed by atoms with Gasteiger partial charge in [-0.1, -0.05) is 0 Å². The van der Waals surface area contributed by atoms with E-state index in [0.717, 1.165) is 0 Å². The first-order valence-electron chi connectivity index (χ1n) is 7.91. The molecular weight excluding hydrogens is 306 g/mol. The van der Waals surface area contributed by atoms with Gasteiger partial charge in [-0.3, -0.25) is 0 Å². The van der Waals surface area contributed by atoms with E-state index in [1.165, 1.54) is 0 Å². The van der Waals surface area contributed by atoms with Crippen LogP contribution in [0.2, 0.25) is 0 Å². The van der Waals surface area contributed by atoms with Crippen molar-refractivity contribution in [2.24, 2.45) is 0 Å². The minimum atomic E-state index is -0.480. The first-order chi connectivity index (χ1) is 11.2. The van der Waals surface area contributed by atoms with Crippen LogP contribution in [0.4, 0.5) is 4.79 Å². The molecule has 0 rings (SSSR count). The Balaban J connectivity index is 3.16. The van der Waals surface area contributed by atoms with Crippen LogP contribution < -0.4 is 5.32 Å². The molecule has 138 valence electrons. The molecule has 0 bridgehead atoms. The zero-order chi connectivity index (χ0) is 17.2. The first-order valence-corrected chi connectivity index (χ1v) is 7.91. The molecule has 0 atom stereocenters. The highest BCUT2D eigenvalue weighted by Gasteiger charge is 2.01. The van der Waals surface area contributed by atoms with Gasteiger partial charge >= 0.3 is 6.09 Å². The Hall–Kier alpha value is -0.930. The molecule has 1 N–H and O–H groups in total. The predicted octanol–water partition coefficient (Wildman–Crippen LogP) is 0.834. The molecule has 0 aliphatic rings. The molecule has 0 saturated carbocycles.